The highest BCUT2D eigenvalue weighted by atomic mass is 16.3. The molecule has 4 aliphatic carbocycles. The smallest absolute Gasteiger partial charge is 0.0689 e. The molecule has 4 rings (SSSR count). The molecular formula is C31H52O4. The summed E-state index contributed by atoms with van der Waals surface area (Å²) in [7, 11) is 0. The predicted octanol–water partition coefficient (Wildman–Crippen LogP) is 5.78. The zero-order valence-corrected chi connectivity index (χ0v) is 23.0. The van der Waals surface area contributed by atoms with Gasteiger partial charge in [0.25, 0.3) is 0 Å². The van der Waals surface area contributed by atoms with E-state index in [1.54, 1.807) is 5.57 Å². The molecule has 0 radical (unpaired) electrons. The van der Waals surface area contributed by atoms with Crippen molar-refractivity contribution >= 4 is 0 Å². The Labute approximate surface area is 213 Å². The van der Waals surface area contributed by atoms with E-state index in [2.05, 4.69) is 32.9 Å². The van der Waals surface area contributed by atoms with Gasteiger partial charge in [0.2, 0.25) is 0 Å². The molecule has 4 aliphatic rings. The van der Waals surface area contributed by atoms with Crippen LogP contribution in [0.1, 0.15) is 105 Å². The van der Waals surface area contributed by atoms with Crippen molar-refractivity contribution in [1.82, 2.24) is 0 Å². The van der Waals surface area contributed by atoms with Crippen LogP contribution in [0, 0.1) is 40.4 Å². The molecule has 0 amide bonds. The second-order valence-electron chi connectivity index (χ2n) is 13.8. The minimum absolute atomic E-state index is 0.108. The fourth-order valence-electron chi connectivity index (χ4n) is 9.06. The molecule has 4 heteroatoms. The molecule has 9 atom stereocenters. The van der Waals surface area contributed by atoms with E-state index in [1.807, 2.05) is 13.8 Å². The van der Waals surface area contributed by atoms with Gasteiger partial charge in [0, 0.05) is 17.9 Å². The van der Waals surface area contributed by atoms with Crippen LogP contribution in [0.15, 0.2) is 23.3 Å². The van der Waals surface area contributed by atoms with E-state index in [-0.39, 0.29) is 17.9 Å². The Hall–Kier alpha value is -0.680. The molecule has 0 bridgehead atoms. The van der Waals surface area contributed by atoms with Crippen LogP contribution in [0.4, 0.5) is 0 Å². The van der Waals surface area contributed by atoms with Crippen molar-refractivity contribution in [2.24, 2.45) is 40.4 Å². The molecule has 0 heterocycles. The summed E-state index contributed by atoms with van der Waals surface area (Å²) in [5, 5.41) is 42.0. The van der Waals surface area contributed by atoms with Crippen molar-refractivity contribution in [1.29, 1.82) is 0 Å². The second kappa shape index (κ2) is 10.2. The molecule has 4 nitrogen and oxygen atoms in total. The zero-order valence-electron chi connectivity index (χ0n) is 23.0. The predicted molar refractivity (Wildman–Crippen MR) is 142 cm³/mol. The summed E-state index contributed by atoms with van der Waals surface area (Å²) in [6.45, 7) is 11.3. The minimum atomic E-state index is -0.573. The number of rotatable bonds is 9. The molecule has 3 fully saturated rings. The minimum Gasteiger partial charge on any atom is -0.396 e. The number of allylic oxidation sites excluding steroid dienone is 3. The molecule has 0 aliphatic heterocycles. The monoisotopic (exact) mass is 488 g/mol. The van der Waals surface area contributed by atoms with Crippen LogP contribution in [-0.4, -0.2) is 44.8 Å². The van der Waals surface area contributed by atoms with Crippen molar-refractivity contribution in [3.05, 3.63) is 23.3 Å². The van der Waals surface area contributed by atoms with E-state index < -0.39 is 17.8 Å². The zero-order chi connectivity index (χ0) is 25.6. The van der Waals surface area contributed by atoms with E-state index in [0.29, 0.717) is 29.6 Å². The van der Waals surface area contributed by atoms with Gasteiger partial charge in [-0.1, -0.05) is 63.3 Å². The lowest BCUT2D eigenvalue weighted by Crippen LogP contribution is -2.56. The molecule has 0 saturated heterocycles. The van der Waals surface area contributed by atoms with Crippen molar-refractivity contribution < 1.29 is 20.4 Å². The van der Waals surface area contributed by atoms with Crippen molar-refractivity contribution in [3.63, 3.8) is 0 Å². The molecular weight excluding hydrogens is 436 g/mol. The van der Waals surface area contributed by atoms with E-state index in [1.165, 1.54) is 31.3 Å². The van der Waals surface area contributed by atoms with E-state index in [0.717, 1.165) is 44.4 Å². The molecule has 0 unspecified atom stereocenters. The highest BCUT2D eigenvalue weighted by Crippen LogP contribution is 2.66. The summed E-state index contributed by atoms with van der Waals surface area (Å²) < 4.78 is 0. The lowest BCUT2D eigenvalue weighted by Gasteiger charge is -2.58. The largest absolute Gasteiger partial charge is 0.396 e. The number of aliphatic hydroxyl groups is 4. The first-order chi connectivity index (χ1) is 16.4. The first-order valence-corrected chi connectivity index (χ1v) is 14.5. The SMILES string of the molecule is C[C@H](CCCC(C)(C)O)[C@H]1CC[C@H]2C3=CC=C4C[C@@H](O)[C@@H](CCCCO)[C@H](O)[C@]4(C)[C@H]3CC[C@]12C. The number of unbranched alkanes of at least 4 members (excludes halogenated alkanes) is 1. The van der Waals surface area contributed by atoms with Gasteiger partial charge < -0.3 is 20.4 Å². The normalized spacial score (nSPS) is 42.0. The van der Waals surface area contributed by atoms with Crippen LogP contribution in [-0.2, 0) is 0 Å². The van der Waals surface area contributed by atoms with E-state index in [9.17, 15) is 20.4 Å². The standard InChI is InChI=1S/C31H52O4/c1-20(9-8-16-29(2,3)35)24-13-14-25-22-12-11-21-19-27(33)23(10-6-7-18-32)28(34)31(21,5)26(22)15-17-30(24,25)4/h11-12,20,23-28,32-35H,6-10,13-19H2,1-5H3/t20-,23-,24-,25+,26+,27-,28+,30-,31+/m1/s1. The van der Waals surface area contributed by atoms with Gasteiger partial charge in [-0.3, -0.25) is 0 Å². The summed E-state index contributed by atoms with van der Waals surface area (Å²) >= 11 is 0. The highest BCUT2D eigenvalue weighted by molar-refractivity contribution is 5.40. The Balaban J connectivity index is 1.52. The summed E-state index contributed by atoms with van der Waals surface area (Å²) in [5.41, 5.74) is 2.27. The third-order valence-corrected chi connectivity index (χ3v) is 11.1. The molecule has 3 saturated carbocycles. The maximum atomic E-state index is 11.7. The molecule has 0 aromatic heterocycles. The van der Waals surface area contributed by atoms with Gasteiger partial charge in [0.15, 0.2) is 0 Å². The fraction of sp³-hybridized carbons (Fsp3) is 0.871. The van der Waals surface area contributed by atoms with E-state index >= 15 is 0 Å². The molecule has 4 N–H and O–H groups in total. The first-order valence-electron chi connectivity index (χ1n) is 14.5. The number of hydrogen-bond donors (Lipinski definition) is 4. The maximum Gasteiger partial charge on any atom is 0.0689 e. The average Bonchev–Trinajstić information content (AvgIpc) is 3.14. The van der Waals surface area contributed by atoms with Gasteiger partial charge in [-0.25, -0.2) is 0 Å². The van der Waals surface area contributed by atoms with Gasteiger partial charge in [-0.2, -0.15) is 0 Å². The van der Waals surface area contributed by atoms with Crippen molar-refractivity contribution in [2.75, 3.05) is 6.61 Å². The van der Waals surface area contributed by atoms with Gasteiger partial charge in [0.05, 0.1) is 17.8 Å². The Morgan fingerprint density at radius 1 is 1.03 bits per heavy atom. The molecule has 0 aromatic rings. The number of fused-ring (bicyclic) bond motifs is 5. The maximum absolute atomic E-state index is 11.7. The van der Waals surface area contributed by atoms with Gasteiger partial charge in [-0.05, 0) is 94.3 Å². The molecule has 200 valence electrons. The lowest BCUT2D eigenvalue weighted by atomic mass is 9.48. The third kappa shape index (κ3) is 4.94. The van der Waals surface area contributed by atoms with Crippen LogP contribution < -0.4 is 0 Å². The second-order valence-corrected chi connectivity index (χ2v) is 13.8. The van der Waals surface area contributed by atoms with Crippen molar-refractivity contribution in [2.45, 2.75) is 123 Å². The van der Waals surface area contributed by atoms with Gasteiger partial charge in [0.1, 0.15) is 0 Å². The molecule has 0 aromatic carbocycles. The average molecular weight is 489 g/mol. The fourth-order valence-corrected chi connectivity index (χ4v) is 9.06. The Morgan fingerprint density at radius 3 is 2.46 bits per heavy atom. The lowest BCUT2D eigenvalue weighted by molar-refractivity contribution is -0.100. The van der Waals surface area contributed by atoms with Crippen molar-refractivity contribution in [3.8, 4) is 0 Å². The van der Waals surface area contributed by atoms with Gasteiger partial charge >= 0.3 is 0 Å². The van der Waals surface area contributed by atoms with Crippen LogP contribution in [0.25, 0.3) is 0 Å². The molecule has 0 spiro atoms. The Kier molecular flexibility index (Phi) is 8.00. The Bertz CT molecular complexity index is 809. The highest BCUT2D eigenvalue weighted by Gasteiger charge is 2.60. The third-order valence-electron chi connectivity index (χ3n) is 11.1. The quantitative estimate of drug-likeness (QED) is 0.310. The van der Waals surface area contributed by atoms with Gasteiger partial charge in [-0.15, -0.1) is 0 Å². The summed E-state index contributed by atoms with van der Waals surface area (Å²) in [5.74, 6) is 2.24. The number of aliphatic hydroxyl groups excluding tert-OH is 3. The van der Waals surface area contributed by atoms with Crippen LogP contribution in [0.3, 0.4) is 0 Å². The number of hydrogen-bond acceptors (Lipinski definition) is 4. The van der Waals surface area contributed by atoms with E-state index in [4.69, 9.17) is 0 Å². The topological polar surface area (TPSA) is 80.9 Å². The first kappa shape index (κ1) is 27.4. The van der Waals surface area contributed by atoms with Crippen LogP contribution in [0.2, 0.25) is 0 Å². The summed E-state index contributed by atoms with van der Waals surface area (Å²) in [6.07, 6.45) is 14.7. The van der Waals surface area contributed by atoms with Crippen LogP contribution >= 0.6 is 0 Å². The summed E-state index contributed by atoms with van der Waals surface area (Å²) in [4.78, 5) is 0. The Morgan fingerprint density at radius 2 is 1.77 bits per heavy atom. The summed E-state index contributed by atoms with van der Waals surface area (Å²) in [6, 6.07) is 0. The van der Waals surface area contributed by atoms with Crippen LogP contribution in [0.5, 0.6) is 0 Å². The molecule has 35 heavy (non-hydrogen) atoms.